The number of amides is 2. The van der Waals surface area contributed by atoms with Gasteiger partial charge >= 0.3 is 0 Å². The van der Waals surface area contributed by atoms with E-state index in [-0.39, 0.29) is 16.9 Å². The molecular formula is C13H15N5O2S. The molecule has 2 aromatic rings. The second kappa shape index (κ2) is 5.36. The Kier molecular flexibility index (Phi) is 3.54. The predicted octanol–water partition coefficient (Wildman–Crippen LogP) is 1.68. The third kappa shape index (κ3) is 2.71. The molecule has 0 bridgehead atoms. The summed E-state index contributed by atoms with van der Waals surface area (Å²) in [5.41, 5.74) is 1.79. The summed E-state index contributed by atoms with van der Waals surface area (Å²) in [6.07, 6.45) is 0. The van der Waals surface area contributed by atoms with Gasteiger partial charge in [-0.3, -0.25) is 14.5 Å². The van der Waals surface area contributed by atoms with Gasteiger partial charge in [-0.1, -0.05) is 11.8 Å². The van der Waals surface area contributed by atoms with E-state index >= 15 is 0 Å². The van der Waals surface area contributed by atoms with Crippen molar-refractivity contribution in [2.24, 2.45) is 0 Å². The first-order valence-corrected chi connectivity index (χ1v) is 7.58. The first kappa shape index (κ1) is 13.9. The van der Waals surface area contributed by atoms with E-state index in [1.165, 1.54) is 4.90 Å². The van der Waals surface area contributed by atoms with Crippen LogP contribution < -0.4 is 5.32 Å². The van der Waals surface area contributed by atoms with Crippen molar-refractivity contribution in [2.75, 3.05) is 24.2 Å². The van der Waals surface area contributed by atoms with Gasteiger partial charge in [0, 0.05) is 18.8 Å². The lowest BCUT2D eigenvalue weighted by Crippen LogP contribution is -2.33. The van der Waals surface area contributed by atoms with E-state index in [2.05, 4.69) is 20.3 Å². The number of aromatic amines is 1. The monoisotopic (exact) mass is 305 g/mol. The van der Waals surface area contributed by atoms with Gasteiger partial charge in [-0.15, -0.1) is 0 Å². The maximum absolute atomic E-state index is 11.5. The molecule has 110 valence electrons. The fourth-order valence-corrected chi connectivity index (χ4v) is 3.02. The van der Waals surface area contributed by atoms with Crippen LogP contribution in [0.25, 0.3) is 11.0 Å². The van der Waals surface area contributed by atoms with Gasteiger partial charge in [0.2, 0.25) is 5.91 Å². The Bertz CT molecular complexity index is 711. The number of imide groups is 1. The zero-order valence-electron chi connectivity index (χ0n) is 11.8. The fraction of sp³-hybridized carbons (Fsp3) is 0.385. The average Bonchev–Trinajstić information content (AvgIpc) is 2.94. The highest BCUT2D eigenvalue weighted by Gasteiger charge is 2.29. The van der Waals surface area contributed by atoms with Gasteiger partial charge in [-0.2, -0.15) is 0 Å². The predicted molar refractivity (Wildman–Crippen MR) is 81.4 cm³/mol. The summed E-state index contributed by atoms with van der Waals surface area (Å²) in [4.78, 5) is 36.2. The standard InChI is InChI=1S/C13H15N5O2S/c1-7-5-9-11(16-8(2)17-12(9)15-7)14-3-4-18-10(19)6-21-13(18)20/h5H,3-4,6H2,1-2H3,(H2,14,15,16,17). The van der Waals surface area contributed by atoms with Crippen LogP contribution in [-0.4, -0.2) is 49.8 Å². The highest BCUT2D eigenvalue weighted by molar-refractivity contribution is 8.14. The van der Waals surface area contributed by atoms with Crippen LogP contribution in [-0.2, 0) is 4.79 Å². The molecule has 8 heteroatoms. The second-order valence-corrected chi connectivity index (χ2v) is 5.79. The van der Waals surface area contributed by atoms with Crippen molar-refractivity contribution < 1.29 is 9.59 Å². The number of anilines is 1. The maximum Gasteiger partial charge on any atom is 0.288 e. The van der Waals surface area contributed by atoms with E-state index < -0.39 is 0 Å². The molecule has 1 fully saturated rings. The Morgan fingerprint density at radius 1 is 1.38 bits per heavy atom. The molecule has 0 saturated carbocycles. The van der Waals surface area contributed by atoms with Crippen molar-refractivity contribution in [2.45, 2.75) is 13.8 Å². The summed E-state index contributed by atoms with van der Waals surface area (Å²) >= 11 is 1.05. The minimum Gasteiger partial charge on any atom is -0.368 e. The number of hydrogen-bond donors (Lipinski definition) is 2. The van der Waals surface area contributed by atoms with Crippen LogP contribution in [0.5, 0.6) is 0 Å². The zero-order valence-corrected chi connectivity index (χ0v) is 12.6. The number of hydrogen-bond acceptors (Lipinski definition) is 6. The van der Waals surface area contributed by atoms with Crippen LogP contribution >= 0.6 is 11.8 Å². The van der Waals surface area contributed by atoms with Gasteiger partial charge in [0.15, 0.2) is 0 Å². The lowest BCUT2D eigenvalue weighted by molar-refractivity contribution is -0.124. The number of carbonyl (C=O) groups is 2. The molecule has 1 aliphatic heterocycles. The van der Waals surface area contributed by atoms with Crippen LogP contribution in [0.3, 0.4) is 0 Å². The lowest BCUT2D eigenvalue weighted by Gasteiger charge is -2.13. The lowest BCUT2D eigenvalue weighted by atomic mass is 10.3. The Morgan fingerprint density at radius 3 is 2.90 bits per heavy atom. The minimum absolute atomic E-state index is 0.131. The van der Waals surface area contributed by atoms with Gasteiger partial charge < -0.3 is 10.3 Å². The molecule has 0 aliphatic carbocycles. The molecule has 1 aliphatic rings. The molecule has 7 nitrogen and oxygen atoms in total. The number of nitrogens with zero attached hydrogens (tertiary/aromatic N) is 3. The Morgan fingerprint density at radius 2 is 2.19 bits per heavy atom. The normalized spacial score (nSPS) is 15.2. The molecule has 0 radical (unpaired) electrons. The van der Waals surface area contributed by atoms with Crippen molar-refractivity contribution in [1.82, 2.24) is 19.9 Å². The molecule has 3 heterocycles. The molecule has 0 aromatic carbocycles. The molecule has 2 amide bonds. The van der Waals surface area contributed by atoms with E-state index in [0.29, 0.717) is 24.7 Å². The van der Waals surface area contributed by atoms with Gasteiger partial charge in [-0.25, -0.2) is 9.97 Å². The van der Waals surface area contributed by atoms with Crippen molar-refractivity contribution >= 4 is 39.8 Å². The van der Waals surface area contributed by atoms with Crippen LogP contribution in [0, 0.1) is 13.8 Å². The third-order valence-corrected chi connectivity index (χ3v) is 4.06. The van der Waals surface area contributed by atoms with Crippen LogP contribution in [0.15, 0.2) is 6.07 Å². The quantitative estimate of drug-likeness (QED) is 0.893. The van der Waals surface area contributed by atoms with E-state index in [4.69, 9.17) is 0 Å². The van der Waals surface area contributed by atoms with Crippen molar-refractivity contribution in [3.8, 4) is 0 Å². The highest BCUT2D eigenvalue weighted by atomic mass is 32.2. The Balaban J connectivity index is 1.73. The van der Waals surface area contributed by atoms with Crippen molar-refractivity contribution in [3.05, 3.63) is 17.6 Å². The number of fused-ring (bicyclic) bond motifs is 1. The smallest absolute Gasteiger partial charge is 0.288 e. The number of carbonyl (C=O) groups excluding carboxylic acids is 2. The van der Waals surface area contributed by atoms with E-state index in [9.17, 15) is 9.59 Å². The summed E-state index contributed by atoms with van der Waals surface area (Å²) in [7, 11) is 0. The van der Waals surface area contributed by atoms with Gasteiger partial charge in [0.25, 0.3) is 5.24 Å². The first-order chi connectivity index (χ1) is 10.0. The molecule has 0 unspecified atom stereocenters. The SMILES string of the molecule is Cc1nc(NCCN2C(=O)CSC2=O)c2cc(C)[nH]c2n1. The molecule has 3 rings (SSSR count). The maximum atomic E-state index is 11.5. The number of H-pyrrole nitrogens is 1. The summed E-state index contributed by atoms with van der Waals surface area (Å²) in [6, 6.07) is 1.97. The molecule has 2 N–H and O–H groups in total. The van der Waals surface area contributed by atoms with Crippen LogP contribution in [0.1, 0.15) is 11.5 Å². The fourth-order valence-electron chi connectivity index (χ4n) is 2.27. The van der Waals surface area contributed by atoms with Crippen LogP contribution in [0.2, 0.25) is 0 Å². The molecular weight excluding hydrogens is 290 g/mol. The number of nitrogens with one attached hydrogen (secondary N) is 2. The summed E-state index contributed by atoms with van der Waals surface area (Å²) in [5, 5.41) is 3.91. The number of aromatic nitrogens is 3. The molecule has 0 atom stereocenters. The Hall–Kier alpha value is -2.09. The van der Waals surface area contributed by atoms with Gasteiger partial charge in [-0.05, 0) is 19.9 Å². The van der Waals surface area contributed by atoms with Crippen molar-refractivity contribution in [3.63, 3.8) is 0 Å². The molecule has 2 aromatic heterocycles. The summed E-state index contributed by atoms with van der Waals surface area (Å²) in [5.74, 6) is 1.49. The van der Waals surface area contributed by atoms with E-state index in [0.717, 1.165) is 28.5 Å². The highest BCUT2D eigenvalue weighted by Crippen LogP contribution is 2.21. The first-order valence-electron chi connectivity index (χ1n) is 6.59. The number of aryl methyl sites for hydroxylation is 2. The number of thioether (sulfide) groups is 1. The minimum atomic E-state index is -0.177. The van der Waals surface area contributed by atoms with E-state index in [1.54, 1.807) is 0 Å². The molecule has 0 spiro atoms. The largest absolute Gasteiger partial charge is 0.368 e. The van der Waals surface area contributed by atoms with Gasteiger partial charge in [0.1, 0.15) is 17.3 Å². The zero-order chi connectivity index (χ0) is 15.0. The molecule has 21 heavy (non-hydrogen) atoms. The van der Waals surface area contributed by atoms with Gasteiger partial charge in [0.05, 0.1) is 11.1 Å². The molecule has 1 saturated heterocycles. The van der Waals surface area contributed by atoms with E-state index in [1.807, 2.05) is 19.9 Å². The second-order valence-electron chi connectivity index (χ2n) is 4.86. The number of rotatable bonds is 4. The average molecular weight is 305 g/mol. The third-order valence-electron chi connectivity index (χ3n) is 3.20. The summed E-state index contributed by atoms with van der Waals surface area (Å²) < 4.78 is 0. The van der Waals surface area contributed by atoms with Crippen molar-refractivity contribution in [1.29, 1.82) is 0 Å². The summed E-state index contributed by atoms with van der Waals surface area (Å²) in [6.45, 7) is 4.59. The topological polar surface area (TPSA) is 91.0 Å². The van der Waals surface area contributed by atoms with Crippen LogP contribution in [0.4, 0.5) is 10.6 Å². The Labute approximate surface area is 125 Å².